The van der Waals surface area contributed by atoms with Crippen LogP contribution in [-0.2, 0) is 30.4 Å². The second kappa shape index (κ2) is 24.4. The van der Waals surface area contributed by atoms with Crippen molar-refractivity contribution in [2.24, 2.45) is 21.8 Å². The summed E-state index contributed by atoms with van der Waals surface area (Å²) >= 11 is 1.47. The third kappa shape index (κ3) is 11.2. The third-order valence-electron chi connectivity index (χ3n) is 13.6. The molecule has 0 aliphatic carbocycles. The number of benzene rings is 2. The van der Waals surface area contributed by atoms with Gasteiger partial charge in [0, 0.05) is 68.4 Å². The Hall–Kier alpha value is -5.00. The summed E-state index contributed by atoms with van der Waals surface area (Å²) in [6, 6.07) is 9.67. The number of nitrogens with one attached hydrogen (secondary N) is 2. The zero-order valence-electron chi connectivity index (χ0n) is 41.3. The van der Waals surface area contributed by atoms with Crippen molar-refractivity contribution in [1.29, 1.82) is 0 Å². The number of ether oxygens (including phenoxy) is 4. The van der Waals surface area contributed by atoms with E-state index in [-0.39, 0.29) is 89.7 Å². The summed E-state index contributed by atoms with van der Waals surface area (Å²) < 4.78 is 40.8. The van der Waals surface area contributed by atoms with Crippen LogP contribution in [-0.4, -0.2) is 113 Å². The standard InChI is InChI=1S/C50H57FN8O8S.4H2S/c1-26(2)44(55-49(62)65-6)46(60)57-14-8-10-37(57)34-18-31(22-52-34)28-12-13-36-30(16-28)20-39-43-33(51)17-29(21-40(43)67-48(59(36)39)41-24-54-42(68-41)25-64-5)32-19-35(53-23-32)38-11-9-15-58(38)47(61)45(27(3)4)56-50(63)66-7;;;;/h12-13,16-17,20-24,26-27,37-38,44-45,48H,8-11,14-15,18-19,25H2,1-7H3,(H,55,62)(H,56,63);4*1H2/t37-,38-,44-,45-,48?;;;;/m0..../s1. The summed E-state index contributed by atoms with van der Waals surface area (Å²) in [6.45, 7) is 9.01. The van der Waals surface area contributed by atoms with Crippen molar-refractivity contribution in [1.82, 2.24) is 30.0 Å². The summed E-state index contributed by atoms with van der Waals surface area (Å²) in [5.41, 5.74) is 6.96. The minimum absolute atomic E-state index is 0. The van der Waals surface area contributed by atoms with Crippen molar-refractivity contribution in [2.75, 3.05) is 34.4 Å². The van der Waals surface area contributed by atoms with Crippen LogP contribution in [0.5, 0.6) is 5.75 Å². The maximum absolute atomic E-state index is 16.9. The molecule has 0 bridgehead atoms. The molecule has 0 saturated carbocycles. The highest BCUT2D eigenvalue weighted by Gasteiger charge is 2.41. The third-order valence-corrected chi connectivity index (χ3v) is 14.6. The number of rotatable bonds is 13. The SMILES string of the molecule is COCc1ncc(C2Oc3cc(C4=CN=C([C@@H]5CCCN5C(=O)[C@@H](NC(=O)OC)C(C)C)C4)cc(F)c3-c3cc4cc(C5=CN=C([C@@H]6CCCN6C(=O)[C@@H](NC(=O)OC)C(C)C)C5)ccc4n32)s1.S.S.S.S. The van der Waals surface area contributed by atoms with Crippen LogP contribution in [0.1, 0.15) is 93.5 Å². The number of allylic oxidation sites excluding steroid dienone is 2. The first-order chi connectivity index (χ1) is 32.8. The Morgan fingerprint density at radius 1 is 0.778 bits per heavy atom. The number of likely N-dealkylation sites (tertiary alicyclic amines) is 2. The van der Waals surface area contributed by atoms with E-state index in [1.54, 1.807) is 24.4 Å². The minimum atomic E-state index is -0.750. The Bertz CT molecular complexity index is 2810. The molecule has 72 heavy (non-hydrogen) atoms. The largest absolute Gasteiger partial charge is 0.464 e. The molecule has 2 fully saturated rings. The summed E-state index contributed by atoms with van der Waals surface area (Å²) in [7, 11) is 4.18. The molecule has 2 N–H and O–H groups in total. The number of alkyl carbamates (subject to hydrolysis) is 2. The quantitative estimate of drug-likeness (QED) is 0.133. The summed E-state index contributed by atoms with van der Waals surface area (Å²) in [6.07, 6.45) is 7.55. The van der Waals surface area contributed by atoms with E-state index in [0.29, 0.717) is 55.1 Å². The molecule has 0 spiro atoms. The van der Waals surface area contributed by atoms with Gasteiger partial charge in [-0.3, -0.25) is 24.1 Å². The summed E-state index contributed by atoms with van der Waals surface area (Å²) in [5, 5.41) is 7.09. The second-order valence-electron chi connectivity index (χ2n) is 18.6. The Balaban J connectivity index is 0.00000241. The van der Waals surface area contributed by atoms with Crippen LogP contribution >= 0.6 is 65.3 Å². The molecule has 0 radical (unpaired) electrons. The lowest BCUT2D eigenvalue weighted by atomic mass is 9.95. The van der Waals surface area contributed by atoms with Crippen LogP contribution in [0.2, 0.25) is 0 Å². The molecule has 2 saturated heterocycles. The van der Waals surface area contributed by atoms with Gasteiger partial charge in [0.25, 0.3) is 0 Å². The predicted molar refractivity (Wildman–Crippen MR) is 298 cm³/mol. The van der Waals surface area contributed by atoms with E-state index in [0.717, 1.165) is 74.6 Å². The fraction of sp³-hybridized carbons (Fsp3) is 0.460. The highest BCUT2D eigenvalue weighted by atomic mass is 32.1. The van der Waals surface area contributed by atoms with Gasteiger partial charge < -0.3 is 39.4 Å². The molecule has 22 heteroatoms. The van der Waals surface area contributed by atoms with Gasteiger partial charge >= 0.3 is 12.2 Å². The fourth-order valence-corrected chi connectivity index (χ4v) is 11.1. The molecule has 9 rings (SSSR count). The molecule has 5 aliphatic heterocycles. The molecule has 5 atom stereocenters. The van der Waals surface area contributed by atoms with Crippen LogP contribution in [0, 0.1) is 17.7 Å². The van der Waals surface area contributed by atoms with E-state index < -0.39 is 36.3 Å². The van der Waals surface area contributed by atoms with Gasteiger partial charge in [0.05, 0.1) is 54.6 Å². The van der Waals surface area contributed by atoms with Crippen molar-refractivity contribution < 1.29 is 42.5 Å². The number of hydrogen-bond donors (Lipinski definition) is 2. The van der Waals surface area contributed by atoms with Gasteiger partial charge in [0.15, 0.2) is 0 Å². The molecular weight excluding hydrogens is 1020 g/mol. The summed E-state index contributed by atoms with van der Waals surface area (Å²) in [5.74, 6) is -0.688. The molecular formula is C50H65FN8O8S5. The Morgan fingerprint density at radius 2 is 1.33 bits per heavy atom. The molecule has 2 aromatic carbocycles. The molecule has 7 heterocycles. The van der Waals surface area contributed by atoms with Gasteiger partial charge in [-0.2, -0.15) is 54.0 Å². The van der Waals surface area contributed by atoms with Crippen LogP contribution in [0.25, 0.3) is 33.3 Å². The number of halogens is 1. The smallest absolute Gasteiger partial charge is 0.407 e. The van der Waals surface area contributed by atoms with Crippen LogP contribution < -0.4 is 15.4 Å². The van der Waals surface area contributed by atoms with E-state index in [1.165, 1.54) is 31.6 Å². The fourth-order valence-electron chi connectivity index (χ4n) is 10.1. The Morgan fingerprint density at radius 3 is 1.86 bits per heavy atom. The lowest BCUT2D eigenvalue weighted by Crippen LogP contribution is -2.53. The van der Waals surface area contributed by atoms with Gasteiger partial charge in [0.2, 0.25) is 18.0 Å². The van der Waals surface area contributed by atoms with E-state index in [9.17, 15) is 19.2 Å². The number of aliphatic imine (C=N–C) groups is 2. The number of nitrogens with zero attached hydrogens (tertiary/aromatic N) is 6. The number of amides is 4. The van der Waals surface area contributed by atoms with Crippen LogP contribution in [0.15, 0.2) is 65.0 Å². The van der Waals surface area contributed by atoms with Crippen LogP contribution in [0.4, 0.5) is 14.0 Å². The monoisotopic (exact) mass is 1080 g/mol. The van der Waals surface area contributed by atoms with E-state index in [2.05, 4.69) is 21.7 Å². The lowest BCUT2D eigenvalue weighted by molar-refractivity contribution is -0.134. The minimum Gasteiger partial charge on any atom is -0.464 e. The maximum Gasteiger partial charge on any atom is 0.407 e. The Kier molecular flexibility index (Phi) is 19.6. The van der Waals surface area contributed by atoms with Crippen molar-refractivity contribution in [3.05, 3.63) is 81.8 Å². The first kappa shape index (κ1) is 57.9. The number of methoxy groups -OCH3 is 3. The van der Waals surface area contributed by atoms with Crippen LogP contribution in [0.3, 0.4) is 0 Å². The van der Waals surface area contributed by atoms with E-state index in [1.807, 2.05) is 67.6 Å². The number of carbonyl (C=O) groups excluding carboxylic acids is 4. The molecule has 5 aliphatic rings. The van der Waals surface area contributed by atoms with Gasteiger partial charge in [-0.15, -0.1) is 11.3 Å². The second-order valence-corrected chi connectivity index (χ2v) is 19.7. The van der Waals surface area contributed by atoms with Crippen molar-refractivity contribution >= 4 is 123 Å². The van der Waals surface area contributed by atoms with Gasteiger partial charge in [-0.25, -0.2) is 19.0 Å². The highest BCUT2D eigenvalue weighted by molar-refractivity contribution is 7.59. The topological polar surface area (TPSA) is 178 Å². The van der Waals surface area contributed by atoms with E-state index in [4.69, 9.17) is 28.9 Å². The summed E-state index contributed by atoms with van der Waals surface area (Å²) in [4.78, 5) is 70.6. The van der Waals surface area contributed by atoms with Gasteiger partial charge in [-0.05, 0) is 90.1 Å². The number of carbonyl (C=O) groups is 4. The van der Waals surface area contributed by atoms with E-state index >= 15 is 4.39 Å². The normalized spacial score (nSPS) is 19.5. The van der Waals surface area contributed by atoms with Crippen molar-refractivity contribution in [3.8, 4) is 17.0 Å². The predicted octanol–water partition coefficient (Wildman–Crippen LogP) is 8.56. The number of thiazole rings is 1. The molecule has 16 nitrogen and oxygen atoms in total. The molecule has 1 unspecified atom stereocenters. The van der Waals surface area contributed by atoms with Crippen molar-refractivity contribution in [2.45, 2.75) is 103 Å². The molecule has 2 aromatic heterocycles. The number of hydrogen-bond acceptors (Lipinski definition) is 12. The number of aromatic nitrogens is 2. The van der Waals surface area contributed by atoms with Crippen molar-refractivity contribution in [3.63, 3.8) is 0 Å². The first-order valence-corrected chi connectivity index (χ1v) is 24.0. The number of fused-ring (bicyclic) bond motifs is 5. The molecule has 390 valence electrons. The molecule has 4 aromatic rings. The average Bonchev–Trinajstić information content (AvgIpc) is 4.19. The van der Waals surface area contributed by atoms with Gasteiger partial charge in [0.1, 0.15) is 28.7 Å². The first-order valence-electron chi connectivity index (χ1n) is 23.2. The lowest BCUT2D eigenvalue weighted by Gasteiger charge is -2.31. The zero-order valence-corrected chi connectivity index (χ0v) is 46.2. The Labute approximate surface area is 451 Å². The molecule has 4 amide bonds. The average molecular weight is 1090 g/mol. The maximum atomic E-state index is 16.9. The van der Waals surface area contributed by atoms with Gasteiger partial charge in [-0.1, -0.05) is 33.8 Å². The zero-order chi connectivity index (χ0) is 48.0. The highest BCUT2D eigenvalue weighted by Crippen LogP contribution is 2.48.